The predicted octanol–water partition coefficient (Wildman–Crippen LogP) is 6.49. The number of aromatic nitrogens is 1. The smallest absolute Gasteiger partial charge is 0.134 e. The standard InChI is InChI=1S/C19H15BrN2OS2/c1-12(2)23-17-6-5-13(9-15(17)20)8-14(10-21)19-22-16(11-25-19)18-4-3-7-24-18/h3-9,11-12H,1-2H3/b14-8-. The Bertz CT molecular complexity index is 937. The van der Waals surface area contributed by atoms with Crippen LogP contribution in [-0.2, 0) is 0 Å². The fraction of sp³-hybridized carbons (Fsp3) is 0.158. The molecule has 0 N–H and O–H groups in total. The molecule has 0 fully saturated rings. The number of rotatable bonds is 5. The van der Waals surface area contributed by atoms with Crippen molar-refractivity contribution in [2.45, 2.75) is 20.0 Å². The fourth-order valence-corrected chi connectivity index (χ4v) is 4.24. The average molecular weight is 431 g/mol. The van der Waals surface area contributed by atoms with Crippen molar-refractivity contribution in [3.8, 4) is 22.4 Å². The first-order valence-electron chi connectivity index (χ1n) is 7.64. The van der Waals surface area contributed by atoms with Gasteiger partial charge in [-0.05, 0) is 65.0 Å². The molecule has 2 aromatic heterocycles. The van der Waals surface area contributed by atoms with Crippen LogP contribution in [0.5, 0.6) is 5.75 Å². The Kier molecular flexibility index (Phi) is 5.69. The molecule has 0 atom stereocenters. The molecule has 1 aromatic carbocycles. The molecule has 3 aromatic rings. The van der Waals surface area contributed by atoms with E-state index in [-0.39, 0.29) is 6.10 Å². The van der Waals surface area contributed by atoms with Crippen molar-refractivity contribution in [3.05, 3.63) is 56.1 Å². The lowest BCUT2D eigenvalue weighted by molar-refractivity contribution is 0.241. The predicted molar refractivity (Wildman–Crippen MR) is 109 cm³/mol. The topological polar surface area (TPSA) is 45.9 Å². The van der Waals surface area contributed by atoms with E-state index in [1.807, 2.05) is 61.0 Å². The molecule has 3 rings (SSSR count). The van der Waals surface area contributed by atoms with Crippen LogP contribution in [0.3, 0.4) is 0 Å². The first-order chi connectivity index (χ1) is 12.1. The summed E-state index contributed by atoms with van der Waals surface area (Å²) in [6.45, 7) is 3.98. The Morgan fingerprint density at radius 1 is 1.32 bits per heavy atom. The van der Waals surface area contributed by atoms with Gasteiger partial charge in [-0.25, -0.2) is 4.98 Å². The maximum absolute atomic E-state index is 9.54. The molecule has 0 bridgehead atoms. The third-order valence-corrected chi connectivity index (χ3v) is 5.65. The first-order valence-corrected chi connectivity index (χ1v) is 10.2. The number of thiophene rings is 1. The number of nitriles is 1. The molecular weight excluding hydrogens is 416 g/mol. The largest absolute Gasteiger partial charge is 0.490 e. The highest BCUT2D eigenvalue weighted by Gasteiger charge is 2.10. The van der Waals surface area contributed by atoms with E-state index in [2.05, 4.69) is 27.0 Å². The van der Waals surface area contributed by atoms with Gasteiger partial charge in [-0.1, -0.05) is 12.1 Å². The van der Waals surface area contributed by atoms with Crippen molar-refractivity contribution in [3.63, 3.8) is 0 Å². The van der Waals surface area contributed by atoms with E-state index in [0.29, 0.717) is 5.57 Å². The lowest BCUT2D eigenvalue weighted by Crippen LogP contribution is -2.05. The zero-order chi connectivity index (χ0) is 17.8. The SMILES string of the molecule is CC(C)Oc1ccc(/C=C(/C#N)c2nc(-c3cccs3)cs2)cc1Br. The number of allylic oxidation sites excluding steroid dienone is 1. The number of hydrogen-bond donors (Lipinski definition) is 0. The fourth-order valence-electron chi connectivity index (χ4n) is 2.20. The van der Waals surface area contributed by atoms with Crippen LogP contribution in [0.2, 0.25) is 0 Å². The molecular formula is C19H15BrN2OS2. The normalized spacial score (nSPS) is 11.6. The second kappa shape index (κ2) is 7.96. The molecule has 25 heavy (non-hydrogen) atoms. The van der Waals surface area contributed by atoms with Crippen molar-refractivity contribution in [1.29, 1.82) is 5.26 Å². The van der Waals surface area contributed by atoms with Crippen molar-refractivity contribution < 1.29 is 4.74 Å². The quantitative estimate of drug-likeness (QED) is 0.434. The van der Waals surface area contributed by atoms with Crippen LogP contribution in [0.15, 0.2) is 45.6 Å². The van der Waals surface area contributed by atoms with Gasteiger partial charge in [-0.3, -0.25) is 0 Å². The molecule has 0 saturated carbocycles. The summed E-state index contributed by atoms with van der Waals surface area (Å²) < 4.78 is 6.59. The Hall–Kier alpha value is -1.94. The van der Waals surface area contributed by atoms with Crippen LogP contribution in [0.4, 0.5) is 0 Å². The van der Waals surface area contributed by atoms with Gasteiger partial charge >= 0.3 is 0 Å². The number of thiazole rings is 1. The average Bonchev–Trinajstić information content (AvgIpc) is 3.25. The molecule has 2 heterocycles. The summed E-state index contributed by atoms with van der Waals surface area (Å²) in [4.78, 5) is 5.71. The number of hydrogen-bond acceptors (Lipinski definition) is 5. The number of nitrogens with zero attached hydrogens (tertiary/aromatic N) is 2. The highest BCUT2D eigenvalue weighted by molar-refractivity contribution is 9.10. The molecule has 6 heteroatoms. The molecule has 0 amide bonds. The molecule has 0 saturated heterocycles. The molecule has 3 nitrogen and oxygen atoms in total. The summed E-state index contributed by atoms with van der Waals surface area (Å²) in [5.41, 5.74) is 2.39. The molecule has 0 aliphatic heterocycles. The van der Waals surface area contributed by atoms with E-state index in [9.17, 15) is 5.26 Å². The Balaban J connectivity index is 1.88. The maximum Gasteiger partial charge on any atom is 0.134 e. The van der Waals surface area contributed by atoms with E-state index >= 15 is 0 Å². The number of benzene rings is 1. The van der Waals surface area contributed by atoms with E-state index in [1.165, 1.54) is 11.3 Å². The van der Waals surface area contributed by atoms with E-state index in [0.717, 1.165) is 31.4 Å². The van der Waals surface area contributed by atoms with Gasteiger partial charge in [0.1, 0.15) is 16.8 Å². The Labute approximate surface area is 163 Å². The van der Waals surface area contributed by atoms with Crippen molar-refractivity contribution in [2.75, 3.05) is 0 Å². The minimum atomic E-state index is 0.110. The van der Waals surface area contributed by atoms with Gasteiger partial charge in [0.2, 0.25) is 0 Å². The zero-order valence-electron chi connectivity index (χ0n) is 13.7. The molecule has 0 spiro atoms. The van der Waals surface area contributed by atoms with Crippen molar-refractivity contribution >= 4 is 50.3 Å². The van der Waals surface area contributed by atoms with Crippen LogP contribution >= 0.6 is 38.6 Å². The Morgan fingerprint density at radius 2 is 2.16 bits per heavy atom. The zero-order valence-corrected chi connectivity index (χ0v) is 16.9. The highest BCUT2D eigenvalue weighted by atomic mass is 79.9. The lowest BCUT2D eigenvalue weighted by atomic mass is 10.1. The molecule has 0 unspecified atom stereocenters. The molecule has 126 valence electrons. The second-order valence-electron chi connectivity index (χ2n) is 5.54. The Morgan fingerprint density at radius 3 is 2.80 bits per heavy atom. The minimum absolute atomic E-state index is 0.110. The summed E-state index contributed by atoms with van der Waals surface area (Å²) >= 11 is 6.65. The van der Waals surface area contributed by atoms with Crippen LogP contribution in [-0.4, -0.2) is 11.1 Å². The minimum Gasteiger partial charge on any atom is -0.490 e. The third-order valence-electron chi connectivity index (χ3n) is 3.26. The molecule has 0 radical (unpaired) electrons. The van der Waals surface area contributed by atoms with E-state index < -0.39 is 0 Å². The summed E-state index contributed by atoms with van der Waals surface area (Å²) in [7, 11) is 0. The van der Waals surface area contributed by atoms with Crippen molar-refractivity contribution in [2.24, 2.45) is 0 Å². The van der Waals surface area contributed by atoms with Gasteiger partial charge in [0.05, 0.1) is 26.7 Å². The van der Waals surface area contributed by atoms with E-state index in [4.69, 9.17) is 4.74 Å². The van der Waals surface area contributed by atoms with Crippen LogP contribution in [0.25, 0.3) is 22.2 Å². The molecule has 0 aliphatic carbocycles. The highest BCUT2D eigenvalue weighted by Crippen LogP contribution is 2.31. The van der Waals surface area contributed by atoms with Gasteiger partial charge in [-0.2, -0.15) is 5.26 Å². The van der Waals surface area contributed by atoms with Gasteiger partial charge < -0.3 is 4.74 Å². The lowest BCUT2D eigenvalue weighted by Gasteiger charge is -2.11. The van der Waals surface area contributed by atoms with Gasteiger partial charge in [0, 0.05) is 5.38 Å². The first kappa shape index (κ1) is 17.9. The number of ether oxygens (including phenoxy) is 1. The van der Waals surface area contributed by atoms with Crippen LogP contribution < -0.4 is 4.74 Å². The summed E-state index contributed by atoms with van der Waals surface area (Å²) in [5, 5.41) is 14.3. The monoisotopic (exact) mass is 430 g/mol. The third kappa shape index (κ3) is 4.37. The van der Waals surface area contributed by atoms with Gasteiger partial charge in [-0.15, -0.1) is 22.7 Å². The second-order valence-corrected chi connectivity index (χ2v) is 8.20. The summed E-state index contributed by atoms with van der Waals surface area (Å²) in [5.74, 6) is 0.792. The van der Waals surface area contributed by atoms with Gasteiger partial charge in [0.15, 0.2) is 0 Å². The summed E-state index contributed by atoms with van der Waals surface area (Å²) in [6, 6.07) is 12.1. The summed E-state index contributed by atoms with van der Waals surface area (Å²) in [6.07, 6.45) is 1.96. The van der Waals surface area contributed by atoms with Crippen molar-refractivity contribution in [1.82, 2.24) is 4.98 Å². The van der Waals surface area contributed by atoms with E-state index in [1.54, 1.807) is 11.3 Å². The maximum atomic E-state index is 9.54. The number of halogens is 1. The van der Waals surface area contributed by atoms with Crippen LogP contribution in [0, 0.1) is 11.3 Å². The van der Waals surface area contributed by atoms with Crippen LogP contribution in [0.1, 0.15) is 24.4 Å². The molecule has 0 aliphatic rings. The van der Waals surface area contributed by atoms with Gasteiger partial charge in [0.25, 0.3) is 0 Å².